The van der Waals surface area contributed by atoms with E-state index in [9.17, 15) is 18.0 Å². The van der Waals surface area contributed by atoms with Gasteiger partial charge < -0.3 is 4.90 Å². The van der Waals surface area contributed by atoms with Gasteiger partial charge in [-0.05, 0) is 25.3 Å². The molecule has 0 saturated heterocycles. The first-order valence-corrected chi connectivity index (χ1v) is 7.91. The quantitative estimate of drug-likeness (QED) is 0.730. The van der Waals surface area contributed by atoms with Crippen molar-refractivity contribution in [2.24, 2.45) is 0 Å². The third-order valence-electron chi connectivity index (χ3n) is 4.35. The van der Waals surface area contributed by atoms with E-state index in [1.165, 1.54) is 4.90 Å². The van der Waals surface area contributed by atoms with Gasteiger partial charge in [0.25, 0.3) is 5.91 Å². The van der Waals surface area contributed by atoms with Gasteiger partial charge in [0.15, 0.2) is 0 Å². The van der Waals surface area contributed by atoms with Crippen LogP contribution in [0.5, 0.6) is 0 Å². The van der Waals surface area contributed by atoms with Crippen molar-refractivity contribution in [1.29, 1.82) is 0 Å². The van der Waals surface area contributed by atoms with Crippen molar-refractivity contribution in [3.8, 4) is 0 Å². The van der Waals surface area contributed by atoms with Crippen LogP contribution in [-0.2, 0) is 11.3 Å². The van der Waals surface area contributed by atoms with E-state index in [0.717, 1.165) is 43.2 Å². The predicted molar refractivity (Wildman–Crippen MR) is 83.8 cm³/mol. The van der Waals surface area contributed by atoms with Crippen molar-refractivity contribution in [2.75, 3.05) is 0 Å². The second-order valence-electron chi connectivity index (χ2n) is 6.19. The minimum absolute atomic E-state index is 0.142. The Hall–Kier alpha value is -1.78. The molecule has 0 radical (unpaired) electrons. The lowest BCUT2D eigenvalue weighted by molar-refractivity contribution is -0.142. The molecule has 1 fully saturated rings. The van der Waals surface area contributed by atoms with Crippen molar-refractivity contribution in [1.82, 2.24) is 4.90 Å². The Morgan fingerprint density at radius 2 is 1.74 bits per heavy atom. The van der Waals surface area contributed by atoms with E-state index >= 15 is 0 Å². The number of carbonyl (C=O) groups excluding carboxylic acids is 1. The molecule has 1 aliphatic rings. The molecule has 23 heavy (non-hydrogen) atoms. The molecule has 0 aromatic heterocycles. The summed E-state index contributed by atoms with van der Waals surface area (Å²) in [4.78, 5) is 13.7. The molecular formula is C18H22F3NO. The van der Waals surface area contributed by atoms with Gasteiger partial charge in [-0.2, -0.15) is 13.2 Å². The molecule has 1 amide bonds. The third kappa shape index (κ3) is 4.60. The third-order valence-corrected chi connectivity index (χ3v) is 4.35. The zero-order chi connectivity index (χ0) is 17.0. The number of hydrogen-bond donors (Lipinski definition) is 0. The van der Waals surface area contributed by atoms with E-state index in [-0.39, 0.29) is 12.6 Å². The van der Waals surface area contributed by atoms with Crippen LogP contribution in [0.25, 0.3) is 0 Å². The summed E-state index contributed by atoms with van der Waals surface area (Å²) >= 11 is 0. The molecule has 0 N–H and O–H groups in total. The zero-order valence-electron chi connectivity index (χ0n) is 13.3. The van der Waals surface area contributed by atoms with Gasteiger partial charge in [-0.3, -0.25) is 4.79 Å². The Kier molecular flexibility index (Phi) is 5.50. The Bertz CT molecular complexity index is 557. The van der Waals surface area contributed by atoms with Gasteiger partial charge in [-0.1, -0.05) is 55.7 Å². The molecule has 1 aromatic carbocycles. The fourth-order valence-corrected chi connectivity index (χ4v) is 2.94. The lowest BCUT2D eigenvalue weighted by Crippen LogP contribution is -2.43. The highest BCUT2D eigenvalue weighted by Gasteiger charge is 2.40. The molecule has 5 heteroatoms. The largest absolute Gasteiger partial charge is 0.421 e. The first-order valence-electron chi connectivity index (χ1n) is 7.91. The molecule has 126 valence electrons. The van der Waals surface area contributed by atoms with Crippen molar-refractivity contribution in [3.05, 3.63) is 47.5 Å². The molecule has 0 bridgehead atoms. The summed E-state index contributed by atoms with van der Waals surface area (Å²) in [6.07, 6.45) is -0.215. The minimum Gasteiger partial charge on any atom is -0.331 e. The molecular weight excluding hydrogens is 303 g/mol. The first kappa shape index (κ1) is 17.6. The number of amides is 1. The van der Waals surface area contributed by atoms with Crippen LogP contribution in [0.4, 0.5) is 13.2 Å². The maximum absolute atomic E-state index is 12.9. The monoisotopic (exact) mass is 325 g/mol. The second-order valence-corrected chi connectivity index (χ2v) is 6.19. The molecule has 0 heterocycles. The maximum Gasteiger partial charge on any atom is 0.421 e. The fraction of sp³-hybridized carbons (Fsp3) is 0.500. The SMILES string of the molecule is C=C(C(=O)N(Cc1ccc(C)cc1)C1CCCCC1)C(F)(F)F. The van der Waals surface area contributed by atoms with Crippen LogP contribution >= 0.6 is 0 Å². The van der Waals surface area contributed by atoms with Crippen molar-refractivity contribution >= 4 is 5.91 Å². The Labute approximate surface area is 135 Å². The molecule has 2 rings (SSSR count). The van der Waals surface area contributed by atoms with E-state index in [1.54, 1.807) is 0 Å². The number of aryl methyl sites for hydroxylation is 1. The Morgan fingerprint density at radius 3 is 2.26 bits per heavy atom. The van der Waals surface area contributed by atoms with Crippen LogP contribution in [0.1, 0.15) is 43.2 Å². The number of benzene rings is 1. The number of hydrogen-bond acceptors (Lipinski definition) is 1. The van der Waals surface area contributed by atoms with Gasteiger partial charge in [0.1, 0.15) is 5.57 Å². The van der Waals surface area contributed by atoms with E-state index in [4.69, 9.17) is 0 Å². The summed E-state index contributed by atoms with van der Waals surface area (Å²) in [5.41, 5.74) is 0.628. The van der Waals surface area contributed by atoms with E-state index in [2.05, 4.69) is 6.58 Å². The molecule has 0 aliphatic heterocycles. The van der Waals surface area contributed by atoms with Crippen LogP contribution in [-0.4, -0.2) is 23.0 Å². The van der Waals surface area contributed by atoms with Gasteiger partial charge in [-0.15, -0.1) is 0 Å². The van der Waals surface area contributed by atoms with Crippen LogP contribution in [0.2, 0.25) is 0 Å². The topological polar surface area (TPSA) is 20.3 Å². The standard InChI is InChI=1S/C18H22F3NO/c1-13-8-10-15(11-9-13)12-22(16-6-4-3-5-7-16)17(23)14(2)18(19,20)21/h8-11,16H,2-7,12H2,1H3. The molecule has 0 atom stereocenters. The number of carbonyl (C=O) groups is 1. The van der Waals surface area contributed by atoms with Gasteiger partial charge in [-0.25, -0.2) is 0 Å². The second kappa shape index (κ2) is 7.20. The van der Waals surface area contributed by atoms with E-state index in [0.29, 0.717) is 0 Å². The average Bonchev–Trinajstić information content (AvgIpc) is 2.53. The summed E-state index contributed by atoms with van der Waals surface area (Å²) < 4.78 is 38.6. The molecule has 0 spiro atoms. The van der Waals surface area contributed by atoms with Crippen LogP contribution in [0.3, 0.4) is 0 Å². The van der Waals surface area contributed by atoms with E-state index < -0.39 is 17.7 Å². The lowest BCUT2D eigenvalue weighted by Gasteiger charge is -2.35. The molecule has 1 saturated carbocycles. The summed E-state index contributed by atoms with van der Waals surface area (Å²) in [5, 5.41) is 0. The Morgan fingerprint density at radius 1 is 1.17 bits per heavy atom. The number of alkyl halides is 3. The molecule has 1 aliphatic carbocycles. The number of nitrogens with zero attached hydrogens (tertiary/aromatic N) is 1. The first-order chi connectivity index (χ1) is 10.8. The smallest absolute Gasteiger partial charge is 0.331 e. The van der Waals surface area contributed by atoms with Crippen molar-refractivity contribution in [2.45, 2.75) is 57.8 Å². The summed E-state index contributed by atoms with van der Waals surface area (Å²) in [6.45, 7) is 5.12. The summed E-state index contributed by atoms with van der Waals surface area (Å²) in [6, 6.07) is 7.37. The highest BCUT2D eigenvalue weighted by Crippen LogP contribution is 2.30. The van der Waals surface area contributed by atoms with Gasteiger partial charge >= 0.3 is 6.18 Å². The lowest BCUT2D eigenvalue weighted by atomic mass is 9.93. The van der Waals surface area contributed by atoms with Gasteiger partial charge in [0.05, 0.1) is 0 Å². The highest BCUT2D eigenvalue weighted by molar-refractivity contribution is 5.94. The molecule has 0 unspecified atom stereocenters. The summed E-state index contributed by atoms with van der Waals surface area (Å²) in [7, 11) is 0. The fourth-order valence-electron chi connectivity index (χ4n) is 2.94. The normalized spacial score (nSPS) is 16.2. The van der Waals surface area contributed by atoms with Crippen molar-refractivity contribution < 1.29 is 18.0 Å². The minimum atomic E-state index is -4.68. The zero-order valence-corrected chi connectivity index (χ0v) is 13.3. The predicted octanol–water partition coefficient (Wildman–Crippen LogP) is 4.77. The molecule has 1 aromatic rings. The Balaban J connectivity index is 2.22. The van der Waals surface area contributed by atoms with Crippen LogP contribution in [0, 0.1) is 6.92 Å². The van der Waals surface area contributed by atoms with Crippen LogP contribution in [0.15, 0.2) is 36.4 Å². The highest BCUT2D eigenvalue weighted by atomic mass is 19.4. The number of halogens is 3. The van der Waals surface area contributed by atoms with E-state index in [1.807, 2.05) is 31.2 Å². The maximum atomic E-state index is 12.9. The van der Waals surface area contributed by atoms with Crippen LogP contribution < -0.4 is 0 Å². The average molecular weight is 325 g/mol. The van der Waals surface area contributed by atoms with Crippen molar-refractivity contribution in [3.63, 3.8) is 0 Å². The molecule has 2 nitrogen and oxygen atoms in total. The van der Waals surface area contributed by atoms with Gasteiger partial charge in [0, 0.05) is 12.6 Å². The van der Waals surface area contributed by atoms with Gasteiger partial charge in [0.2, 0.25) is 0 Å². The number of rotatable bonds is 4. The summed E-state index contributed by atoms with van der Waals surface area (Å²) in [5.74, 6) is -0.995.